The summed E-state index contributed by atoms with van der Waals surface area (Å²) in [6.07, 6.45) is 1.06. The molecule has 8 heteroatoms. The summed E-state index contributed by atoms with van der Waals surface area (Å²) < 4.78 is 30.5. The average Bonchev–Trinajstić information content (AvgIpc) is 2.54. The average molecular weight is 383 g/mol. The number of amides is 1. The Labute approximate surface area is 152 Å². The van der Waals surface area contributed by atoms with Crippen LogP contribution in [0.4, 0.5) is 11.4 Å². The first-order valence-electron chi connectivity index (χ1n) is 7.43. The van der Waals surface area contributed by atoms with Crippen molar-refractivity contribution in [1.29, 1.82) is 0 Å². The number of sulfonamides is 1. The van der Waals surface area contributed by atoms with Crippen LogP contribution in [-0.4, -0.2) is 33.7 Å². The molecule has 0 bridgehead atoms. The van der Waals surface area contributed by atoms with E-state index < -0.39 is 22.0 Å². The van der Waals surface area contributed by atoms with Gasteiger partial charge >= 0.3 is 0 Å². The second-order valence-corrected chi connectivity index (χ2v) is 7.68. The Kier molecular flexibility index (Phi) is 5.92. The number of ether oxygens (including phenoxy) is 1. The van der Waals surface area contributed by atoms with E-state index in [0.29, 0.717) is 22.1 Å². The largest absolute Gasteiger partial charge is 0.495 e. The van der Waals surface area contributed by atoms with Crippen LogP contribution in [-0.2, 0) is 14.8 Å². The van der Waals surface area contributed by atoms with Crippen molar-refractivity contribution in [1.82, 2.24) is 0 Å². The van der Waals surface area contributed by atoms with E-state index in [-0.39, 0.29) is 0 Å². The molecule has 1 amide bonds. The molecule has 0 aliphatic carbocycles. The number of hydrogen-bond acceptors (Lipinski definition) is 4. The molecule has 0 unspecified atom stereocenters. The number of halogens is 1. The summed E-state index contributed by atoms with van der Waals surface area (Å²) in [4.78, 5) is 12.5. The fourth-order valence-corrected chi connectivity index (χ4v) is 3.81. The molecule has 0 aliphatic heterocycles. The number of nitrogens with one attached hydrogen (secondary N) is 1. The van der Waals surface area contributed by atoms with Gasteiger partial charge in [0, 0.05) is 5.69 Å². The number of nitrogens with zero attached hydrogens (tertiary/aromatic N) is 1. The van der Waals surface area contributed by atoms with Crippen LogP contribution in [0.2, 0.25) is 5.02 Å². The van der Waals surface area contributed by atoms with Gasteiger partial charge in [-0.05, 0) is 37.3 Å². The van der Waals surface area contributed by atoms with Crippen LogP contribution in [0.5, 0.6) is 5.75 Å². The summed E-state index contributed by atoms with van der Waals surface area (Å²) in [6, 6.07) is 12.3. The van der Waals surface area contributed by atoms with Gasteiger partial charge in [-0.15, -0.1) is 0 Å². The van der Waals surface area contributed by atoms with Gasteiger partial charge in [0.2, 0.25) is 15.9 Å². The summed E-state index contributed by atoms with van der Waals surface area (Å²) in [5.41, 5.74) is 0.865. The monoisotopic (exact) mass is 382 g/mol. The molecule has 0 saturated carbocycles. The van der Waals surface area contributed by atoms with Gasteiger partial charge in [-0.3, -0.25) is 9.10 Å². The van der Waals surface area contributed by atoms with Crippen molar-refractivity contribution in [2.24, 2.45) is 0 Å². The smallest absolute Gasteiger partial charge is 0.247 e. The zero-order valence-corrected chi connectivity index (χ0v) is 15.6. The third-order valence-corrected chi connectivity index (χ3v) is 5.06. The highest BCUT2D eigenvalue weighted by atomic mass is 35.5. The zero-order valence-electron chi connectivity index (χ0n) is 14.1. The van der Waals surface area contributed by atoms with Crippen LogP contribution in [0.1, 0.15) is 6.92 Å². The lowest BCUT2D eigenvalue weighted by atomic mass is 10.2. The van der Waals surface area contributed by atoms with Crippen molar-refractivity contribution in [3.05, 3.63) is 53.6 Å². The van der Waals surface area contributed by atoms with E-state index >= 15 is 0 Å². The van der Waals surface area contributed by atoms with Crippen LogP contribution in [0, 0.1) is 0 Å². The Balaban J connectivity index is 2.26. The number of rotatable bonds is 6. The molecule has 25 heavy (non-hydrogen) atoms. The first kappa shape index (κ1) is 19.1. The topological polar surface area (TPSA) is 75.7 Å². The third kappa shape index (κ3) is 4.64. The van der Waals surface area contributed by atoms with E-state index in [4.69, 9.17) is 16.3 Å². The quantitative estimate of drug-likeness (QED) is 0.832. The summed E-state index contributed by atoms with van der Waals surface area (Å²) in [7, 11) is -2.16. The summed E-state index contributed by atoms with van der Waals surface area (Å²) in [5, 5.41) is 3.01. The zero-order chi connectivity index (χ0) is 18.6. The molecule has 0 heterocycles. The molecule has 2 aromatic carbocycles. The van der Waals surface area contributed by atoms with Gasteiger partial charge in [0.15, 0.2) is 0 Å². The van der Waals surface area contributed by atoms with Crippen molar-refractivity contribution in [3.8, 4) is 5.75 Å². The van der Waals surface area contributed by atoms with Gasteiger partial charge in [-0.2, -0.15) is 0 Å². The van der Waals surface area contributed by atoms with Crippen LogP contribution in [0.15, 0.2) is 48.5 Å². The van der Waals surface area contributed by atoms with E-state index in [9.17, 15) is 13.2 Å². The highest BCUT2D eigenvalue weighted by Crippen LogP contribution is 2.28. The minimum atomic E-state index is -3.65. The lowest BCUT2D eigenvalue weighted by Crippen LogP contribution is -2.45. The number of carbonyl (C=O) groups excluding carboxylic acids is 1. The molecule has 0 saturated heterocycles. The molecule has 6 nitrogen and oxygen atoms in total. The fourth-order valence-electron chi connectivity index (χ4n) is 2.37. The minimum absolute atomic E-state index is 0.344. The van der Waals surface area contributed by atoms with Crippen LogP contribution in [0.25, 0.3) is 0 Å². The van der Waals surface area contributed by atoms with Crippen LogP contribution in [0.3, 0.4) is 0 Å². The number of para-hydroxylation sites is 1. The molecule has 0 spiro atoms. The molecule has 134 valence electrons. The van der Waals surface area contributed by atoms with Crippen molar-refractivity contribution in [2.75, 3.05) is 23.0 Å². The van der Waals surface area contributed by atoms with E-state index in [0.717, 1.165) is 10.6 Å². The first-order valence-corrected chi connectivity index (χ1v) is 9.65. The molecule has 2 aromatic rings. The lowest BCUT2D eigenvalue weighted by molar-refractivity contribution is -0.116. The molecule has 1 N–H and O–H groups in total. The van der Waals surface area contributed by atoms with E-state index in [1.807, 2.05) is 0 Å². The van der Waals surface area contributed by atoms with Gasteiger partial charge in [0.05, 0.1) is 24.1 Å². The van der Waals surface area contributed by atoms with Gasteiger partial charge in [0.25, 0.3) is 0 Å². The Morgan fingerprint density at radius 1 is 1.20 bits per heavy atom. The molecular formula is C17H19ClN2O4S. The van der Waals surface area contributed by atoms with Gasteiger partial charge in [-0.25, -0.2) is 8.42 Å². The molecular weight excluding hydrogens is 364 g/mol. The molecule has 1 atom stereocenters. The van der Waals surface area contributed by atoms with Crippen molar-refractivity contribution in [3.63, 3.8) is 0 Å². The maximum absolute atomic E-state index is 12.5. The Morgan fingerprint density at radius 2 is 1.84 bits per heavy atom. The highest BCUT2D eigenvalue weighted by molar-refractivity contribution is 7.92. The normalized spacial score (nSPS) is 12.3. The summed E-state index contributed by atoms with van der Waals surface area (Å²) >= 11 is 6.04. The number of benzene rings is 2. The number of carbonyl (C=O) groups is 1. The Morgan fingerprint density at radius 3 is 2.36 bits per heavy atom. The second kappa shape index (κ2) is 7.76. The van der Waals surface area contributed by atoms with Gasteiger partial charge in [-0.1, -0.05) is 29.8 Å². The first-order chi connectivity index (χ1) is 11.7. The number of methoxy groups -OCH3 is 1. The fraction of sp³-hybridized carbons (Fsp3) is 0.235. The summed E-state index contributed by atoms with van der Waals surface area (Å²) in [6.45, 7) is 1.52. The predicted octanol–water partition coefficient (Wildman–Crippen LogP) is 3.14. The van der Waals surface area contributed by atoms with Crippen LogP contribution >= 0.6 is 11.6 Å². The highest BCUT2D eigenvalue weighted by Gasteiger charge is 2.29. The maximum Gasteiger partial charge on any atom is 0.247 e. The molecule has 0 fully saturated rings. The maximum atomic E-state index is 12.5. The third-order valence-electron chi connectivity index (χ3n) is 3.52. The second-order valence-electron chi connectivity index (χ2n) is 5.41. The Bertz CT molecular complexity index is 856. The number of hydrogen-bond donors (Lipinski definition) is 1. The van der Waals surface area contributed by atoms with Gasteiger partial charge in [0.1, 0.15) is 11.8 Å². The molecule has 2 rings (SSSR count). The molecule has 0 aliphatic rings. The SMILES string of the molecule is COc1ccc(NC(=O)[C@H](C)N(c2ccccc2)S(C)(=O)=O)cc1Cl. The van der Waals surface area contributed by atoms with Crippen molar-refractivity contribution < 1.29 is 17.9 Å². The van der Waals surface area contributed by atoms with Crippen molar-refractivity contribution >= 4 is 38.9 Å². The number of anilines is 2. The summed E-state index contributed by atoms with van der Waals surface area (Å²) in [5.74, 6) is 0.00488. The van der Waals surface area contributed by atoms with Gasteiger partial charge < -0.3 is 10.1 Å². The molecule has 0 aromatic heterocycles. The lowest BCUT2D eigenvalue weighted by Gasteiger charge is -2.28. The van der Waals surface area contributed by atoms with E-state index in [1.165, 1.54) is 20.1 Å². The van der Waals surface area contributed by atoms with E-state index in [2.05, 4.69) is 5.32 Å². The minimum Gasteiger partial charge on any atom is -0.495 e. The van der Waals surface area contributed by atoms with Crippen LogP contribution < -0.4 is 14.4 Å². The van der Waals surface area contributed by atoms with Crippen molar-refractivity contribution in [2.45, 2.75) is 13.0 Å². The molecule has 0 radical (unpaired) electrons. The predicted molar refractivity (Wildman–Crippen MR) is 99.9 cm³/mol. The van der Waals surface area contributed by atoms with E-state index in [1.54, 1.807) is 42.5 Å². The Hall–Kier alpha value is -2.25. The standard InChI is InChI=1S/C17H19ClN2O4S/c1-12(20(25(3,22)23)14-7-5-4-6-8-14)17(21)19-13-9-10-16(24-2)15(18)11-13/h4-12H,1-3H3,(H,19,21)/t12-/m0/s1.